The number of allylic oxidation sites excluding steroid dienone is 1. The molecule has 1 heterocycles. The number of carbonyl (C=O) groups excluding carboxylic acids is 1. The Balaban J connectivity index is 1.47. The first-order chi connectivity index (χ1) is 20.3. The summed E-state index contributed by atoms with van der Waals surface area (Å²) in [5.74, 6) is 1.86. The molecule has 1 N–H and O–H groups in total. The summed E-state index contributed by atoms with van der Waals surface area (Å²) in [5.41, 5.74) is 4.11. The second-order valence-corrected chi connectivity index (χ2v) is 14.2. The maximum absolute atomic E-state index is 13.2. The lowest BCUT2D eigenvalue weighted by Gasteiger charge is -2.25. The maximum Gasteiger partial charge on any atom is 0.228 e. The van der Waals surface area contributed by atoms with Crippen LogP contribution in [0.15, 0.2) is 53.6 Å². The third kappa shape index (κ3) is 12.5. The molecule has 0 aromatic heterocycles. The molecule has 0 atom stereocenters. The van der Waals surface area contributed by atoms with Crippen molar-refractivity contribution in [2.24, 2.45) is 0 Å². The van der Waals surface area contributed by atoms with E-state index in [0.717, 1.165) is 35.8 Å². The number of hydrogen-bond acceptors (Lipinski definition) is 4. The van der Waals surface area contributed by atoms with Gasteiger partial charge in [0, 0.05) is 24.0 Å². The van der Waals surface area contributed by atoms with Crippen molar-refractivity contribution in [3.63, 3.8) is 0 Å². The van der Waals surface area contributed by atoms with E-state index in [1.165, 1.54) is 86.7 Å². The van der Waals surface area contributed by atoms with Crippen LogP contribution in [-0.2, 0) is 23.2 Å². The fourth-order valence-corrected chi connectivity index (χ4v) is 6.33. The van der Waals surface area contributed by atoms with Crippen LogP contribution in [0.25, 0.3) is 0 Å². The van der Waals surface area contributed by atoms with Crippen LogP contribution in [0.3, 0.4) is 0 Å². The van der Waals surface area contributed by atoms with Crippen LogP contribution in [0.2, 0.25) is 0 Å². The van der Waals surface area contributed by atoms with Gasteiger partial charge in [-0.05, 0) is 46.9 Å². The zero-order chi connectivity index (χ0) is 30.2. The number of anilines is 1. The number of amides is 1. The first-order valence-electron chi connectivity index (χ1n) is 16.5. The Kier molecular flexibility index (Phi) is 14.9. The first kappa shape index (κ1) is 34.1. The zero-order valence-corrected chi connectivity index (χ0v) is 27.9. The second kappa shape index (κ2) is 18.3. The Morgan fingerprint density at radius 3 is 2.17 bits per heavy atom. The van der Waals surface area contributed by atoms with E-state index in [0.29, 0.717) is 13.0 Å². The van der Waals surface area contributed by atoms with Gasteiger partial charge in [0.1, 0.15) is 5.75 Å². The number of thioether (sulfide) groups is 1. The summed E-state index contributed by atoms with van der Waals surface area (Å²) in [4.78, 5) is 16.8. The van der Waals surface area contributed by atoms with Crippen LogP contribution in [0, 0.1) is 0 Å². The van der Waals surface area contributed by atoms with Gasteiger partial charge in [0.05, 0.1) is 18.9 Å². The van der Waals surface area contributed by atoms with Crippen LogP contribution in [0.4, 0.5) is 5.69 Å². The van der Waals surface area contributed by atoms with Crippen molar-refractivity contribution in [2.45, 2.75) is 130 Å². The number of ether oxygens (including phenoxy) is 1. The molecule has 1 aliphatic rings. The molecule has 2 aromatic rings. The van der Waals surface area contributed by atoms with Crippen molar-refractivity contribution >= 4 is 23.4 Å². The van der Waals surface area contributed by atoms with Gasteiger partial charge >= 0.3 is 0 Å². The van der Waals surface area contributed by atoms with Crippen molar-refractivity contribution < 1.29 is 9.53 Å². The predicted molar refractivity (Wildman–Crippen MR) is 182 cm³/mol. The minimum Gasteiger partial charge on any atom is -0.493 e. The summed E-state index contributed by atoms with van der Waals surface area (Å²) in [6.45, 7) is 12.6. The van der Waals surface area contributed by atoms with Crippen molar-refractivity contribution in [2.75, 3.05) is 17.8 Å². The van der Waals surface area contributed by atoms with E-state index in [2.05, 4.69) is 75.3 Å². The minimum absolute atomic E-state index is 0.0131. The van der Waals surface area contributed by atoms with E-state index in [-0.39, 0.29) is 11.3 Å². The number of para-hydroxylation sites is 1. The number of rotatable bonds is 19. The van der Waals surface area contributed by atoms with Crippen LogP contribution < -0.4 is 10.1 Å². The summed E-state index contributed by atoms with van der Waals surface area (Å²) in [7, 11) is 0. The number of nitrogens with zero attached hydrogens (tertiary/aromatic N) is 1. The van der Waals surface area contributed by atoms with Crippen molar-refractivity contribution in [1.29, 1.82) is 0 Å². The number of hydrogen-bond donors (Lipinski definition) is 1. The maximum atomic E-state index is 13.2. The highest BCUT2D eigenvalue weighted by Gasteiger charge is 2.22. The Morgan fingerprint density at radius 1 is 0.905 bits per heavy atom. The van der Waals surface area contributed by atoms with Gasteiger partial charge in [0.25, 0.3) is 0 Å². The summed E-state index contributed by atoms with van der Waals surface area (Å²) in [6, 6.07) is 14.4. The van der Waals surface area contributed by atoms with Gasteiger partial charge in [-0.2, -0.15) is 0 Å². The molecule has 0 unspecified atom stereocenters. The third-order valence-electron chi connectivity index (χ3n) is 7.92. The molecule has 0 saturated carbocycles. The molecule has 0 saturated heterocycles. The molecule has 5 heteroatoms. The van der Waals surface area contributed by atoms with E-state index in [4.69, 9.17) is 4.74 Å². The number of unbranched alkanes of at least 4 members (excludes halogenated alkanes) is 11. The summed E-state index contributed by atoms with van der Waals surface area (Å²) in [5, 5.41) is 3.13. The van der Waals surface area contributed by atoms with Crippen molar-refractivity contribution in [3.8, 4) is 5.75 Å². The lowest BCUT2D eigenvalue weighted by molar-refractivity contribution is -0.115. The van der Waals surface area contributed by atoms with Gasteiger partial charge in [0.15, 0.2) is 0 Å². The Labute approximate surface area is 261 Å². The molecular weight excluding hydrogens is 536 g/mol. The summed E-state index contributed by atoms with van der Waals surface area (Å²) in [6.07, 6.45) is 18.4. The SMILES string of the molecule is CCCCCCCCCCCCCCOc1c(CC(=O)Nc2cccc(CN3C=C(C)SC3)c2)cccc1C(C)(C)C. The second-order valence-electron chi connectivity index (χ2n) is 13.0. The van der Waals surface area contributed by atoms with Gasteiger partial charge in [-0.3, -0.25) is 4.79 Å². The van der Waals surface area contributed by atoms with Crippen LogP contribution in [-0.4, -0.2) is 23.3 Å². The molecular formula is C37H56N2O2S. The highest BCUT2D eigenvalue weighted by molar-refractivity contribution is 8.03. The van der Waals surface area contributed by atoms with Crippen LogP contribution >= 0.6 is 11.8 Å². The summed E-state index contributed by atoms with van der Waals surface area (Å²) >= 11 is 1.87. The van der Waals surface area contributed by atoms with Gasteiger partial charge in [-0.1, -0.05) is 129 Å². The normalized spacial score (nSPS) is 13.4. The van der Waals surface area contributed by atoms with Crippen molar-refractivity contribution in [1.82, 2.24) is 4.90 Å². The first-order valence-corrected chi connectivity index (χ1v) is 17.4. The molecule has 0 spiro atoms. The topological polar surface area (TPSA) is 41.6 Å². The van der Waals surface area contributed by atoms with Crippen LogP contribution in [0.5, 0.6) is 5.75 Å². The molecule has 0 fully saturated rings. The molecule has 3 rings (SSSR count). The Bertz CT molecular complexity index is 1120. The Morgan fingerprint density at radius 2 is 1.55 bits per heavy atom. The molecule has 0 radical (unpaired) electrons. The average molecular weight is 593 g/mol. The molecule has 232 valence electrons. The number of nitrogens with one attached hydrogen (secondary N) is 1. The largest absolute Gasteiger partial charge is 0.493 e. The molecule has 42 heavy (non-hydrogen) atoms. The fourth-order valence-electron chi connectivity index (χ4n) is 5.57. The predicted octanol–water partition coefficient (Wildman–Crippen LogP) is 10.6. The quantitative estimate of drug-likeness (QED) is 0.165. The van der Waals surface area contributed by atoms with Gasteiger partial charge in [-0.15, -0.1) is 11.8 Å². The summed E-state index contributed by atoms with van der Waals surface area (Å²) < 4.78 is 6.45. The number of carbonyl (C=O) groups is 1. The lowest BCUT2D eigenvalue weighted by Crippen LogP contribution is -2.19. The van der Waals surface area contributed by atoms with Gasteiger partial charge in [0.2, 0.25) is 5.91 Å². The molecule has 0 aliphatic carbocycles. The minimum atomic E-state index is -0.0622. The van der Waals surface area contributed by atoms with Crippen LogP contribution in [0.1, 0.15) is 128 Å². The van der Waals surface area contributed by atoms with E-state index in [9.17, 15) is 4.79 Å². The Hall–Kier alpha value is -2.40. The van der Waals surface area contributed by atoms with E-state index in [1.54, 1.807) is 0 Å². The smallest absolute Gasteiger partial charge is 0.228 e. The van der Waals surface area contributed by atoms with Gasteiger partial charge in [-0.25, -0.2) is 0 Å². The fraction of sp³-hybridized carbons (Fsp3) is 0.595. The third-order valence-corrected chi connectivity index (χ3v) is 8.94. The average Bonchev–Trinajstić information content (AvgIpc) is 3.35. The highest BCUT2D eigenvalue weighted by Crippen LogP contribution is 2.35. The molecule has 1 amide bonds. The van der Waals surface area contributed by atoms with Crippen molar-refractivity contribution in [3.05, 3.63) is 70.3 Å². The zero-order valence-electron chi connectivity index (χ0n) is 27.1. The highest BCUT2D eigenvalue weighted by atomic mass is 32.2. The van der Waals surface area contributed by atoms with E-state index in [1.807, 2.05) is 30.0 Å². The van der Waals surface area contributed by atoms with E-state index < -0.39 is 0 Å². The lowest BCUT2D eigenvalue weighted by atomic mass is 9.84. The molecule has 1 aliphatic heterocycles. The van der Waals surface area contributed by atoms with Gasteiger partial charge < -0.3 is 15.0 Å². The number of benzene rings is 2. The standard InChI is InChI=1S/C37H56N2O2S/c1-6-7-8-9-10-11-12-13-14-15-16-17-24-41-36-32(21-19-23-34(36)37(3,4)5)26-35(40)38-33-22-18-20-31(25-33)28-39-27-30(2)42-29-39/h18-23,25,27H,6-17,24,26,28-29H2,1-5H3,(H,38,40). The van der Waals surface area contributed by atoms with E-state index >= 15 is 0 Å². The molecule has 0 bridgehead atoms. The molecule has 4 nitrogen and oxygen atoms in total. The molecule has 2 aromatic carbocycles. The monoisotopic (exact) mass is 592 g/mol.